The molecule has 1 aromatic carbocycles. The van der Waals surface area contributed by atoms with Gasteiger partial charge >= 0.3 is 0 Å². The largest absolute Gasteiger partial charge is 0.387 e. The molecule has 0 spiro atoms. The van der Waals surface area contributed by atoms with Crippen molar-refractivity contribution in [2.45, 2.75) is 38.1 Å². The molecule has 5 nitrogen and oxygen atoms in total. The first-order valence-electron chi connectivity index (χ1n) is 7.47. The fourth-order valence-electron chi connectivity index (χ4n) is 2.51. The Morgan fingerprint density at radius 2 is 1.82 bits per heavy atom. The van der Waals surface area contributed by atoms with Gasteiger partial charge in [-0.25, -0.2) is 4.99 Å². The number of nitrogens with two attached hydrogens (primary N) is 2. The van der Waals surface area contributed by atoms with E-state index in [1.807, 2.05) is 0 Å². The molecule has 0 saturated heterocycles. The Hall–Kier alpha value is -2.01. The second-order valence-corrected chi connectivity index (χ2v) is 5.91. The molecule has 0 aliphatic heterocycles. The summed E-state index contributed by atoms with van der Waals surface area (Å²) in [7, 11) is 0. The fourth-order valence-corrected chi connectivity index (χ4v) is 2.63. The molecule has 2 rings (SSSR count). The summed E-state index contributed by atoms with van der Waals surface area (Å²) in [6, 6.07) is 7.42. The lowest BCUT2D eigenvalue weighted by molar-refractivity contribution is -0.354. The van der Waals surface area contributed by atoms with E-state index in [-0.39, 0.29) is 11.4 Å². The molecule has 0 aromatic heterocycles. The van der Waals surface area contributed by atoms with Gasteiger partial charge in [-0.05, 0) is 37.1 Å². The van der Waals surface area contributed by atoms with E-state index in [2.05, 4.69) is 10.3 Å². The predicted molar refractivity (Wildman–Crippen MR) is 88.6 cm³/mol. The van der Waals surface area contributed by atoms with E-state index in [0.717, 1.165) is 18.5 Å². The van der Waals surface area contributed by atoms with Crippen LogP contribution in [0.25, 0.3) is 0 Å². The van der Waals surface area contributed by atoms with Crippen molar-refractivity contribution in [1.82, 2.24) is 5.32 Å². The van der Waals surface area contributed by atoms with Gasteiger partial charge in [0.15, 0.2) is 0 Å². The standard InChI is InChI=1S/C16H21ClN4O/c17-11-6-8-13(9-7-11)21-15(18)14(16(19)22)10-20-12-4-2-1-3-5-12/h6-10,12,20H,1-5H2,(H2,18,21)(H2,19,22)/p+1/b14-10+. The highest BCUT2D eigenvalue weighted by Crippen LogP contribution is 2.17. The Morgan fingerprint density at radius 3 is 2.41 bits per heavy atom. The molecule has 118 valence electrons. The van der Waals surface area contributed by atoms with Gasteiger partial charge in [-0.1, -0.05) is 30.9 Å². The Balaban J connectivity index is 2.11. The van der Waals surface area contributed by atoms with Crippen LogP contribution in [-0.4, -0.2) is 17.8 Å². The first kappa shape index (κ1) is 16.4. The van der Waals surface area contributed by atoms with E-state index in [1.54, 1.807) is 30.5 Å². The smallest absolute Gasteiger partial charge is 0.285 e. The molecule has 0 bridgehead atoms. The second-order valence-electron chi connectivity index (χ2n) is 5.47. The monoisotopic (exact) mass is 321 g/mol. The molecule has 0 heterocycles. The zero-order valence-electron chi connectivity index (χ0n) is 12.4. The Bertz CT molecular complexity index is 574. The second kappa shape index (κ2) is 7.84. The summed E-state index contributed by atoms with van der Waals surface area (Å²) < 4.78 is 0. The molecule has 1 saturated carbocycles. The highest BCUT2D eigenvalue weighted by Gasteiger charge is 2.17. The van der Waals surface area contributed by atoms with Gasteiger partial charge in [0.25, 0.3) is 11.7 Å². The van der Waals surface area contributed by atoms with E-state index in [1.165, 1.54) is 19.3 Å². The van der Waals surface area contributed by atoms with Crippen molar-refractivity contribution in [2.75, 3.05) is 0 Å². The molecule has 1 amide bonds. The van der Waals surface area contributed by atoms with Crippen LogP contribution >= 0.6 is 11.6 Å². The number of benzene rings is 1. The quantitative estimate of drug-likeness (QED) is 0.365. The Kier molecular flexibility index (Phi) is 5.83. The van der Waals surface area contributed by atoms with Gasteiger partial charge in [-0.3, -0.25) is 10.5 Å². The number of hydrogen-bond acceptors (Lipinski definition) is 2. The lowest BCUT2D eigenvalue weighted by atomic mass is 9.95. The summed E-state index contributed by atoms with van der Waals surface area (Å²) in [4.78, 5) is 14.6. The Morgan fingerprint density at radius 1 is 1.18 bits per heavy atom. The van der Waals surface area contributed by atoms with Crippen molar-refractivity contribution in [3.8, 4) is 0 Å². The maximum Gasteiger partial charge on any atom is 0.285 e. The summed E-state index contributed by atoms with van der Waals surface area (Å²) in [5, 5.41) is 3.89. The number of carbonyl (C=O) groups excluding carboxylic acids is 1. The van der Waals surface area contributed by atoms with Crippen LogP contribution in [0.1, 0.15) is 32.1 Å². The SMILES string of the molecule is NC(=O)/C(=C/NC1CCCCC1)C(N)=[NH+]c1ccc(Cl)cc1. The normalized spacial score (nSPS) is 17.3. The van der Waals surface area contributed by atoms with Crippen molar-refractivity contribution in [1.29, 1.82) is 0 Å². The molecule has 0 unspecified atom stereocenters. The number of hydrogen-bond donors (Lipinski definition) is 4. The number of amides is 1. The van der Waals surface area contributed by atoms with Crippen LogP contribution in [0.3, 0.4) is 0 Å². The third kappa shape index (κ3) is 4.77. The van der Waals surface area contributed by atoms with E-state index < -0.39 is 5.91 Å². The number of halogens is 1. The lowest BCUT2D eigenvalue weighted by Crippen LogP contribution is -2.70. The average Bonchev–Trinajstić information content (AvgIpc) is 2.50. The van der Waals surface area contributed by atoms with Gasteiger partial charge in [0.1, 0.15) is 11.3 Å². The molecular weight excluding hydrogens is 300 g/mol. The van der Waals surface area contributed by atoms with Crippen molar-refractivity contribution in [3.05, 3.63) is 41.1 Å². The number of rotatable bonds is 5. The van der Waals surface area contributed by atoms with Crippen LogP contribution in [0.5, 0.6) is 0 Å². The molecule has 1 fully saturated rings. The van der Waals surface area contributed by atoms with E-state index in [0.29, 0.717) is 11.1 Å². The zero-order valence-corrected chi connectivity index (χ0v) is 13.2. The van der Waals surface area contributed by atoms with Gasteiger partial charge in [0, 0.05) is 17.3 Å². The molecule has 0 radical (unpaired) electrons. The Labute approximate surface area is 135 Å². The summed E-state index contributed by atoms with van der Waals surface area (Å²) in [6.07, 6.45) is 7.52. The maximum absolute atomic E-state index is 11.6. The summed E-state index contributed by atoms with van der Waals surface area (Å²) in [5.41, 5.74) is 12.4. The van der Waals surface area contributed by atoms with Crippen LogP contribution in [0.2, 0.25) is 5.02 Å². The molecule has 1 aliphatic carbocycles. The first-order chi connectivity index (χ1) is 10.6. The molecule has 1 aliphatic rings. The summed E-state index contributed by atoms with van der Waals surface area (Å²) in [5.74, 6) is -0.347. The highest BCUT2D eigenvalue weighted by molar-refractivity contribution is 6.30. The first-order valence-corrected chi connectivity index (χ1v) is 7.85. The third-order valence-corrected chi connectivity index (χ3v) is 4.00. The van der Waals surface area contributed by atoms with Gasteiger partial charge in [0.2, 0.25) is 0 Å². The van der Waals surface area contributed by atoms with Gasteiger partial charge in [0.05, 0.1) is 0 Å². The molecule has 6 heteroatoms. The minimum atomic E-state index is -0.567. The van der Waals surface area contributed by atoms with E-state index in [9.17, 15) is 4.79 Å². The van der Waals surface area contributed by atoms with E-state index >= 15 is 0 Å². The summed E-state index contributed by atoms with van der Waals surface area (Å²) in [6.45, 7) is 0. The molecule has 22 heavy (non-hydrogen) atoms. The average molecular weight is 322 g/mol. The number of primary amides is 1. The third-order valence-electron chi connectivity index (χ3n) is 3.75. The van der Waals surface area contributed by atoms with Crippen molar-refractivity contribution in [3.63, 3.8) is 0 Å². The van der Waals surface area contributed by atoms with Crippen LogP contribution in [0, 0.1) is 0 Å². The number of nitrogens with one attached hydrogen (secondary N) is 2. The van der Waals surface area contributed by atoms with Crippen LogP contribution in [0.4, 0.5) is 5.69 Å². The van der Waals surface area contributed by atoms with Crippen molar-refractivity contribution < 1.29 is 9.79 Å². The highest BCUT2D eigenvalue weighted by atomic mass is 35.5. The maximum atomic E-state index is 11.6. The van der Waals surface area contributed by atoms with Crippen molar-refractivity contribution >= 4 is 29.0 Å². The van der Waals surface area contributed by atoms with Crippen LogP contribution in [-0.2, 0) is 4.79 Å². The molecule has 6 N–H and O–H groups in total. The predicted octanol–water partition coefficient (Wildman–Crippen LogP) is 0.701. The van der Waals surface area contributed by atoms with Gasteiger partial charge < -0.3 is 11.1 Å². The molecule has 1 aromatic rings. The topological polar surface area (TPSA) is 95.1 Å². The molecular formula is C16H22ClN4O+. The summed E-state index contributed by atoms with van der Waals surface area (Å²) >= 11 is 5.84. The molecule has 0 atom stereocenters. The van der Waals surface area contributed by atoms with E-state index in [4.69, 9.17) is 23.1 Å². The zero-order chi connectivity index (χ0) is 15.9. The lowest BCUT2D eigenvalue weighted by Gasteiger charge is -2.21. The number of amidine groups is 1. The van der Waals surface area contributed by atoms with Gasteiger partial charge in [-0.2, -0.15) is 0 Å². The van der Waals surface area contributed by atoms with Crippen molar-refractivity contribution in [2.24, 2.45) is 11.5 Å². The van der Waals surface area contributed by atoms with Crippen LogP contribution < -0.4 is 21.8 Å². The minimum Gasteiger partial charge on any atom is -0.387 e. The number of carbonyl (C=O) groups is 1. The van der Waals surface area contributed by atoms with Gasteiger partial charge in [-0.15, -0.1) is 0 Å². The fraction of sp³-hybridized carbons (Fsp3) is 0.375. The minimum absolute atomic E-state index is 0.220. The van der Waals surface area contributed by atoms with Crippen LogP contribution in [0.15, 0.2) is 36.0 Å².